The second kappa shape index (κ2) is 6.46. The normalized spacial score (nSPS) is 26.7. The summed E-state index contributed by atoms with van der Waals surface area (Å²) in [5.41, 5.74) is 1.09. The minimum Gasteiger partial charge on any atom is -0.378 e. The maximum atomic E-state index is 12.6. The van der Waals surface area contributed by atoms with Gasteiger partial charge in [0.05, 0.1) is 24.1 Å². The molecular weight excluding hydrogens is 284 g/mol. The number of thiophene rings is 1. The molecule has 0 aromatic carbocycles. The largest absolute Gasteiger partial charge is 0.378 e. The molecule has 0 radical (unpaired) electrons. The molecule has 2 aliphatic heterocycles. The van der Waals surface area contributed by atoms with Gasteiger partial charge < -0.3 is 9.64 Å². The Bertz CT molecular complexity index is 500. The molecule has 3 rings (SSSR count). The van der Waals surface area contributed by atoms with E-state index in [0.717, 1.165) is 43.3 Å². The van der Waals surface area contributed by atoms with Crippen LogP contribution in [0, 0.1) is 6.92 Å². The van der Waals surface area contributed by atoms with Gasteiger partial charge >= 0.3 is 0 Å². The highest BCUT2D eigenvalue weighted by Crippen LogP contribution is 2.24. The molecule has 2 fully saturated rings. The third-order valence-corrected chi connectivity index (χ3v) is 5.59. The first-order chi connectivity index (χ1) is 10.2. The summed E-state index contributed by atoms with van der Waals surface area (Å²) in [5.74, 6) is 0.194. The van der Waals surface area contributed by atoms with E-state index < -0.39 is 0 Å². The van der Waals surface area contributed by atoms with Crippen LogP contribution in [0.4, 0.5) is 0 Å². The number of hydrogen-bond donors (Lipinski definition) is 0. The Kier molecular flexibility index (Phi) is 4.62. The van der Waals surface area contributed by atoms with Crippen LogP contribution >= 0.6 is 11.3 Å². The van der Waals surface area contributed by atoms with Crippen LogP contribution in [-0.2, 0) is 4.74 Å². The number of morpholine rings is 1. The highest BCUT2D eigenvalue weighted by molar-refractivity contribution is 7.12. The van der Waals surface area contributed by atoms with Crippen molar-refractivity contribution >= 4 is 17.2 Å². The van der Waals surface area contributed by atoms with Crippen LogP contribution in [0.15, 0.2) is 11.4 Å². The van der Waals surface area contributed by atoms with Gasteiger partial charge in [0.25, 0.3) is 5.91 Å². The third kappa shape index (κ3) is 3.00. The predicted molar refractivity (Wildman–Crippen MR) is 85.0 cm³/mol. The van der Waals surface area contributed by atoms with E-state index in [4.69, 9.17) is 4.74 Å². The zero-order chi connectivity index (χ0) is 14.8. The lowest BCUT2D eigenvalue weighted by molar-refractivity contribution is -0.0775. The van der Waals surface area contributed by atoms with Crippen molar-refractivity contribution in [2.24, 2.45) is 0 Å². The molecule has 2 aliphatic rings. The second-order valence-electron chi connectivity index (χ2n) is 6.06. The van der Waals surface area contributed by atoms with Gasteiger partial charge in [-0.05, 0) is 30.4 Å². The second-order valence-corrected chi connectivity index (χ2v) is 6.97. The lowest BCUT2D eigenvalue weighted by atomic mass is 10.0. The summed E-state index contributed by atoms with van der Waals surface area (Å²) in [5, 5.41) is 2.00. The number of amides is 1. The minimum absolute atomic E-state index is 0.194. The Morgan fingerprint density at radius 3 is 3.00 bits per heavy atom. The first-order valence-electron chi connectivity index (χ1n) is 7.87. The number of hydrogen-bond acceptors (Lipinski definition) is 4. The molecule has 3 heterocycles. The van der Waals surface area contributed by atoms with Crippen molar-refractivity contribution in [2.75, 3.05) is 32.8 Å². The van der Waals surface area contributed by atoms with Crippen molar-refractivity contribution in [1.29, 1.82) is 0 Å². The van der Waals surface area contributed by atoms with Crippen molar-refractivity contribution < 1.29 is 9.53 Å². The zero-order valence-electron chi connectivity index (χ0n) is 12.9. The molecule has 4 nitrogen and oxygen atoms in total. The number of nitrogens with zero attached hydrogens (tertiary/aromatic N) is 2. The van der Waals surface area contributed by atoms with Gasteiger partial charge in [0.15, 0.2) is 0 Å². The van der Waals surface area contributed by atoms with Crippen LogP contribution in [0.5, 0.6) is 0 Å². The number of fused-ring (bicyclic) bond motifs is 1. The summed E-state index contributed by atoms with van der Waals surface area (Å²) >= 11 is 1.55. The van der Waals surface area contributed by atoms with Crippen molar-refractivity contribution in [3.8, 4) is 0 Å². The molecule has 0 aliphatic carbocycles. The summed E-state index contributed by atoms with van der Waals surface area (Å²) in [6.45, 7) is 8.47. The van der Waals surface area contributed by atoms with E-state index >= 15 is 0 Å². The molecule has 5 heteroatoms. The van der Waals surface area contributed by atoms with Gasteiger partial charge in [0.1, 0.15) is 0 Å². The van der Waals surface area contributed by atoms with E-state index in [1.54, 1.807) is 11.3 Å². The highest BCUT2D eigenvalue weighted by atomic mass is 32.1. The summed E-state index contributed by atoms with van der Waals surface area (Å²) < 4.78 is 5.77. The minimum atomic E-state index is 0.194. The van der Waals surface area contributed by atoms with Crippen molar-refractivity contribution in [3.63, 3.8) is 0 Å². The number of carbonyl (C=O) groups is 1. The number of ether oxygens (including phenoxy) is 1. The Labute approximate surface area is 130 Å². The van der Waals surface area contributed by atoms with Gasteiger partial charge in [-0.25, -0.2) is 0 Å². The van der Waals surface area contributed by atoms with Crippen molar-refractivity contribution in [3.05, 3.63) is 21.9 Å². The maximum absolute atomic E-state index is 12.6. The molecule has 0 bridgehead atoms. The maximum Gasteiger partial charge on any atom is 0.264 e. The van der Waals surface area contributed by atoms with Crippen LogP contribution < -0.4 is 0 Å². The number of rotatable bonds is 3. The average Bonchev–Trinajstić information content (AvgIpc) is 2.93. The van der Waals surface area contributed by atoms with E-state index in [0.29, 0.717) is 12.1 Å². The van der Waals surface area contributed by atoms with Crippen LogP contribution in [0.3, 0.4) is 0 Å². The van der Waals surface area contributed by atoms with E-state index in [1.807, 2.05) is 23.3 Å². The van der Waals surface area contributed by atoms with Gasteiger partial charge in [-0.15, -0.1) is 11.3 Å². The topological polar surface area (TPSA) is 32.8 Å². The highest BCUT2D eigenvalue weighted by Gasteiger charge is 2.36. The smallest absolute Gasteiger partial charge is 0.264 e. The van der Waals surface area contributed by atoms with Gasteiger partial charge in [0.2, 0.25) is 0 Å². The van der Waals surface area contributed by atoms with Gasteiger partial charge in [-0.3, -0.25) is 9.69 Å². The molecule has 2 saturated heterocycles. The lowest BCUT2D eigenvalue weighted by Gasteiger charge is -2.48. The van der Waals surface area contributed by atoms with Gasteiger partial charge in [-0.1, -0.05) is 13.3 Å². The quantitative estimate of drug-likeness (QED) is 0.859. The predicted octanol–water partition coefficient (Wildman–Crippen LogP) is 2.38. The molecule has 0 unspecified atom stereocenters. The SMILES string of the molecule is CCC[C@H]1COC[C@H]2CN(C(=O)c3sccc3C)CCN12. The van der Waals surface area contributed by atoms with E-state index in [9.17, 15) is 4.79 Å². The van der Waals surface area contributed by atoms with E-state index in [1.165, 1.54) is 12.8 Å². The van der Waals surface area contributed by atoms with Gasteiger partial charge in [0, 0.05) is 25.7 Å². The first-order valence-corrected chi connectivity index (χ1v) is 8.75. The Morgan fingerprint density at radius 1 is 1.43 bits per heavy atom. The fraction of sp³-hybridized carbons (Fsp3) is 0.688. The molecule has 116 valence electrons. The monoisotopic (exact) mass is 308 g/mol. The summed E-state index contributed by atoms with van der Waals surface area (Å²) in [6, 6.07) is 2.93. The molecule has 21 heavy (non-hydrogen) atoms. The van der Waals surface area contributed by atoms with Gasteiger partial charge in [-0.2, -0.15) is 0 Å². The van der Waals surface area contributed by atoms with Crippen molar-refractivity contribution in [1.82, 2.24) is 9.80 Å². The standard InChI is InChI=1S/C16H24N2O2S/c1-3-4-13-10-20-11-14-9-17(6-7-18(13)14)16(19)15-12(2)5-8-21-15/h5,8,13-14H,3-4,6-7,9-11H2,1-2H3/t13-,14+/m0/s1. The summed E-state index contributed by atoms with van der Waals surface area (Å²) in [4.78, 5) is 18.1. The van der Waals surface area contributed by atoms with Crippen LogP contribution in [0.2, 0.25) is 0 Å². The lowest BCUT2D eigenvalue weighted by Crippen LogP contribution is -2.62. The van der Waals surface area contributed by atoms with E-state index in [-0.39, 0.29) is 5.91 Å². The average molecular weight is 308 g/mol. The fourth-order valence-electron chi connectivity index (χ4n) is 3.44. The number of piperazine rings is 1. The molecule has 0 N–H and O–H groups in total. The summed E-state index contributed by atoms with van der Waals surface area (Å²) in [7, 11) is 0. The summed E-state index contributed by atoms with van der Waals surface area (Å²) in [6.07, 6.45) is 2.38. The van der Waals surface area contributed by atoms with Crippen LogP contribution in [-0.4, -0.2) is 60.6 Å². The van der Waals surface area contributed by atoms with Crippen LogP contribution in [0.25, 0.3) is 0 Å². The van der Waals surface area contributed by atoms with Crippen LogP contribution in [0.1, 0.15) is 35.0 Å². The molecule has 1 amide bonds. The van der Waals surface area contributed by atoms with Crippen molar-refractivity contribution in [2.45, 2.75) is 38.8 Å². The zero-order valence-corrected chi connectivity index (χ0v) is 13.7. The Morgan fingerprint density at radius 2 is 2.29 bits per heavy atom. The first kappa shape index (κ1) is 15.0. The fourth-order valence-corrected chi connectivity index (χ4v) is 4.33. The molecule has 1 aromatic rings. The Hall–Kier alpha value is -0.910. The molecule has 2 atom stereocenters. The molecule has 0 spiro atoms. The number of aryl methyl sites for hydroxylation is 1. The van der Waals surface area contributed by atoms with E-state index in [2.05, 4.69) is 11.8 Å². The molecule has 0 saturated carbocycles. The molecule has 1 aromatic heterocycles. The number of carbonyl (C=O) groups excluding carboxylic acids is 1. The third-order valence-electron chi connectivity index (χ3n) is 4.58. The Balaban J connectivity index is 1.67. The molecular formula is C16H24N2O2S.